The summed E-state index contributed by atoms with van der Waals surface area (Å²) >= 11 is 0. The summed E-state index contributed by atoms with van der Waals surface area (Å²) < 4.78 is 0. The highest BCUT2D eigenvalue weighted by Crippen LogP contribution is 2.16. The maximum atomic E-state index is 8.84. The van der Waals surface area contributed by atoms with Gasteiger partial charge in [-0.15, -0.1) is 0 Å². The molecule has 0 unspecified atom stereocenters. The standard InChI is InChI=1S/C13H11N3/c1-9-3-5-11(6-4-9)13-15-10(2)7-12(8-14)16-13/h3-7H,1-2H3. The summed E-state index contributed by atoms with van der Waals surface area (Å²) in [6.07, 6.45) is 0. The average Bonchev–Trinajstić information content (AvgIpc) is 2.29. The zero-order valence-corrected chi connectivity index (χ0v) is 9.23. The molecule has 0 bridgehead atoms. The summed E-state index contributed by atoms with van der Waals surface area (Å²) in [7, 11) is 0. The molecule has 1 aromatic heterocycles. The highest BCUT2D eigenvalue weighted by Gasteiger charge is 2.04. The van der Waals surface area contributed by atoms with Crippen LogP contribution in [0, 0.1) is 25.2 Å². The van der Waals surface area contributed by atoms with Gasteiger partial charge >= 0.3 is 0 Å². The number of hydrogen-bond donors (Lipinski definition) is 0. The zero-order valence-electron chi connectivity index (χ0n) is 9.23. The van der Waals surface area contributed by atoms with Crippen molar-refractivity contribution in [2.45, 2.75) is 13.8 Å². The molecule has 0 saturated carbocycles. The second-order valence-electron chi connectivity index (χ2n) is 3.70. The summed E-state index contributed by atoms with van der Waals surface area (Å²) in [6, 6.07) is 11.7. The molecule has 0 radical (unpaired) electrons. The van der Waals surface area contributed by atoms with Gasteiger partial charge < -0.3 is 0 Å². The van der Waals surface area contributed by atoms with Crippen LogP contribution in [-0.4, -0.2) is 9.97 Å². The van der Waals surface area contributed by atoms with E-state index in [2.05, 4.69) is 9.97 Å². The minimum Gasteiger partial charge on any atom is -0.233 e. The molecule has 0 atom stereocenters. The van der Waals surface area contributed by atoms with Gasteiger partial charge in [0.2, 0.25) is 0 Å². The molecule has 1 heterocycles. The van der Waals surface area contributed by atoms with Crippen molar-refractivity contribution in [3.63, 3.8) is 0 Å². The maximum Gasteiger partial charge on any atom is 0.160 e. The number of aryl methyl sites for hydroxylation is 2. The molecule has 0 amide bonds. The summed E-state index contributed by atoms with van der Waals surface area (Å²) in [5.41, 5.74) is 3.34. The van der Waals surface area contributed by atoms with Gasteiger partial charge in [-0.25, -0.2) is 9.97 Å². The van der Waals surface area contributed by atoms with Crippen LogP contribution in [0.1, 0.15) is 17.0 Å². The van der Waals surface area contributed by atoms with E-state index in [1.165, 1.54) is 5.56 Å². The summed E-state index contributed by atoms with van der Waals surface area (Å²) in [6.45, 7) is 3.89. The minimum absolute atomic E-state index is 0.406. The first kappa shape index (κ1) is 10.3. The zero-order chi connectivity index (χ0) is 11.5. The Bertz CT molecular complexity index is 550. The number of aromatic nitrogens is 2. The minimum atomic E-state index is 0.406. The molecular formula is C13H11N3. The monoisotopic (exact) mass is 209 g/mol. The van der Waals surface area contributed by atoms with Gasteiger partial charge in [0.15, 0.2) is 5.82 Å². The first-order valence-electron chi connectivity index (χ1n) is 5.02. The molecule has 0 aliphatic heterocycles. The fourth-order valence-electron chi connectivity index (χ4n) is 1.46. The van der Waals surface area contributed by atoms with Crippen LogP contribution in [0.4, 0.5) is 0 Å². The Morgan fingerprint density at radius 3 is 2.38 bits per heavy atom. The summed E-state index contributed by atoms with van der Waals surface area (Å²) in [5.74, 6) is 0.608. The molecule has 0 N–H and O–H groups in total. The Hall–Kier alpha value is -2.21. The van der Waals surface area contributed by atoms with Crippen molar-refractivity contribution in [3.05, 3.63) is 47.3 Å². The molecule has 0 fully saturated rings. The smallest absolute Gasteiger partial charge is 0.160 e. The lowest BCUT2D eigenvalue weighted by molar-refractivity contribution is 1.09. The van der Waals surface area contributed by atoms with Gasteiger partial charge in [-0.1, -0.05) is 29.8 Å². The fourth-order valence-corrected chi connectivity index (χ4v) is 1.46. The molecule has 0 saturated heterocycles. The van der Waals surface area contributed by atoms with Crippen molar-refractivity contribution in [3.8, 4) is 17.5 Å². The summed E-state index contributed by atoms with van der Waals surface area (Å²) in [5, 5.41) is 8.84. The predicted octanol–water partition coefficient (Wildman–Crippen LogP) is 2.63. The van der Waals surface area contributed by atoms with Crippen molar-refractivity contribution < 1.29 is 0 Å². The number of nitriles is 1. The van der Waals surface area contributed by atoms with E-state index in [9.17, 15) is 0 Å². The van der Waals surface area contributed by atoms with Crippen molar-refractivity contribution in [2.75, 3.05) is 0 Å². The quantitative estimate of drug-likeness (QED) is 0.725. The van der Waals surface area contributed by atoms with Gasteiger partial charge in [-0.3, -0.25) is 0 Å². The van der Waals surface area contributed by atoms with Crippen LogP contribution in [0.25, 0.3) is 11.4 Å². The molecule has 2 aromatic rings. The highest BCUT2D eigenvalue weighted by atomic mass is 14.9. The lowest BCUT2D eigenvalue weighted by Gasteiger charge is -2.02. The van der Waals surface area contributed by atoms with Crippen molar-refractivity contribution in [1.82, 2.24) is 9.97 Å². The second kappa shape index (κ2) is 4.11. The van der Waals surface area contributed by atoms with Crippen LogP contribution >= 0.6 is 0 Å². The SMILES string of the molecule is Cc1ccc(-c2nc(C)cc(C#N)n2)cc1. The molecule has 1 aromatic carbocycles. The predicted molar refractivity (Wildman–Crippen MR) is 61.7 cm³/mol. The Morgan fingerprint density at radius 2 is 1.75 bits per heavy atom. The van der Waals surface area contributed by atoms with Crippen LogP contribution in [0.3, 0.4) is 0 Å². The van der Waals surface area contributed by atoms with Crippen molar-refractivity contribution in [2.24, 2.45) is 0 Å². The lowest BCUT2D eigenvalue weighted by atomic mass is 10.1. The lowest BCUT2D eigenvalue weighted by Crippen LogP contribution is -1.94. The van der Waals surface area contributed by atoms with Gasteiger partial charge in [0.05, 0.1) is 0 Å². The third-order valence-electron chi connectivity index (χ3n) is 2.28. The Morgan fingerprint density at radius 1 is 1.06 bits per heavy atom. The highest BCUT2D eigenvalue weighted by molar-refractivity contribution is 5.56. The van der Waals surface area contributed by atoms with E-state index in [4.69, 9.17) is 5.26 Å². The third-order valence-corrected chi connectivity index (χ3v) is 2.28. The van der Waals surface area contributed by atoms with Crippen LogP contribution in [0.2, 0.25) is 0 Å². The number of hydrogen-bond acceptors (Lipinski definition) is 3. The Balaban J connectivity index is 2.52. The van der Waals surface area contributed by atoms with Crippen molar-refractivity contribution in [1.29, 1.82) is 5.26 Å². The van der Waals surface area contributed by atoms with E-state index in [1.54, 1.807) is 6.07 Å². The van der Waals surface area contributed by atoms with E-state index < -0.39 is 0 Å². The molecule has 78 valence electrons. The van der Waals surface area contributed by atoms with Gasteiger partial charge in [-0.2, -0.15) is 5.26 Å². The van der Waals surface area contributed by atoms with Crippen molar-refractivity contribution >= 4 is 0 Å². The average molecular weight is 209 g/mol. The Kier molecular flexibility index (Phi) is 2.65. The third kappa shape index (κ3) is 2.06. The molecular weight excluding hydrogens is 198 g/mol. The topological polar surface area (TPSA) is 49.6 Å². The maximum absolute atomic E-state index is 8.84. The molecule has 0 spiro atoms. The molecule has 16 heavy (non-hydrogen) atoms. The number of nitrogens with zero attached hydrogens (tertiary/aromatic N) is 3. The molecule has 3 heteroatoms. The van der Waals surface area contributed by atoms with Crippen LogP contribution in [-0.2, 0) is 0 Å². The molecule has 0 aliphatic rings. The van der Waals surface area contributed by atoms with Gasteiger partial charge in [-0.05, 0) is 19.9 Å². The van der Waals surface area contributed by atoms with E-state index in [-0.39, 0.29) is 0 Å². The Labute approximate surface area is 94.4 Å². The first-order valence-corrected chi connectivity index (χ1v) is 5.02. The largest absolute Gasteiger partial charge is 0.233 e. The van der Waals surface area contributed by atoms with E-state index in [0.29, 0.717) is 11.5 Å². The first-order chi connectivity index (χ1) is 7.69. The molecule has 2 rings (SSSR count). The van der Waals surface area contributed by atoms with E-state index in [0.717, 1.165) is 11.3 Å². The summed E-state index contributed by atoms with van der Waals surface area (Å²) in [4.78, 5) is 8.50. The molecule has 3 nitrogen and oxygen atoms in total. The van der Waals surface area contributed by atoms with E-state index >= 15 is 0 Å². The van der Waals surface area contributed by atoms with Crippen LogP contribution in [0.15, 0.2) is 30.3 Å². The normalized spacial score (nSPS) is 9.81. The van der Waals surface area contributed by atoms with Gasteiger partial charge in [0, 0.05) is 11.3 Å². The van der Waals surface area contributed by atoms with Gasteiger partial charge in [0.25, 0.3) is 0 Å². The van der Waals surface area contributed by atoms with Crippen LogP contribution in [0.5, 0.6) is 0 Å². The number of benzene rings is 1. The molecule has 0 aliphatic carbocycles. The number of rotatable bonds is 1. The van der Waals surface area contributed by atoms with Gasteiger partial charge in [0.1, 0.15) is 11.8 Å². The second-order valence-corrected chi connectivity index (χ2v) is 3.70. The van der Waals surface area contributed by atoms with E-state index in [1.807, 2.05) is 44.2 Å². The fraction of sp³-hybridized carbons (Fsp3) is 0.154. The van der Waals surface area contributed by atoms with Crippen LogP contribution < -0.4 is 0 Å².